The fourth-order valence-electron chi connectivity index (χ4n) is 5.35. The first-order chi connectivity index (χ1) is 14.0. The molecule has 0 saturated carbocycles. The molecule has 0 aliphatic carbocycles. The van der Waals surface area contributed by atoms with Gasteiger partial charge in [-0.15, -0.1) is 0 Å². The third-order valence-corrected chi connectivity index (χ3v) is 7.29. The van der Waals surface area contributed by atoms with Crippen molar-refractivity contribution in [3.05, 3.63) is 28.9 Å². The standard InChI is InChI=1S/C21H27ClN4O3/c1-21(19(27)17-10-15(22)9-13-11-24-26(21)18(13)17)14-4-6-25(7-5-14)20(28)23-12-16-3-2-8-29-16/h9-11,14,16,19,27H,2-8,12H2,1H3,(H,23,28)/t16-,19+,21?/m0/s1. The van der Waals surface area contributed by atoms with Crippen molar-refractivity contribution < 1.29 is 14.6 Å². The molecule has 0 bridgehead atoms. The topological polar surface area (TPSA) is 79.6 Å². The Morgan fingerprint density at radius 2 is 2.17 bits per heavy atom. The van der Waals surface area contributed by atoms with Crippen molar-refractivity contribution in [3.63, 3.8) is 0 Å². The van der Waals surface area contributed by atoms with Crippen LogP contribution in [0.2, 0.25) is 5.02 Å². The van der Waals surface area contributed by atoms with Crippen molar-refractivity contribution in [1.29, 1.82) is 0 Å². The number of amides is 2. The minimum atomic E-state index is -0.655. The molecule has 8 heteroatoms. The zero-order valence-electron chi connectivity index (χ0n) is 16.6. The Kier molecular flexibility index (Phi) is 4.72. The van der Waals surface area contributed by atoms with Crippen molar-refractivity contribution in [1.82, 2.24) is 20.0 Å². The summed E-state index contributed by atoms with van der Waals surface area (Å²) in [6.45, 7) is 4.80. The SMILES string of the molecule is CC1(C2CCN(C(=O)NC[C@@H]3CCCO3)CC2)[C@H](O)c2cc(Cl)cc3cnn1c23. The van der Waals surface area contributed by atoms with E-state index in [4.69, 9.17) is 16.3 Å². The van der Waals surface area contributed by atoms with Gasteiger partial charge in [0.05, 0.1) is 23.4 Å². The molecule has 3 aliphatic heterocycles. The average molecular weight is 419 g/mol. The van der Waals surface area contributed by atoms with E-state index in [1.807, 2.05) is 27.9 Å². The number of rotatable bonds is 3. The van der Waals surface area contributed by atoms with Crippen LogP contribution >= 0.6 is 11.6 Å². The average Bonchev–Trinajstić information content (AvgIpc) is 3.44. The van der Waals surface area contributed by atoms with Crippen LogP contribution in [-0.4, -0.2) is 58.2 Å². The van der Waals surface area contributed by atoms with Crippen LogP contribution in [0.5, 0.6) is 0 Å². The number of aliphatic hydroxyl groups excluding tert-OH is 1. The first kappa shape index (κ1) is 19.2. The summed E-state index contributed by atoms with van der Waals surface area (Å²) < 4.78 is 7.56. The molecule has 1 aromatic heterocycles. The van der Waals surface area contributed by atoms with Crippen LogP contribution < -0.4 is 5.32 Å². The summed E-state index contributed by atoms with van der Waals surface area (Å²) in [5, 5.41) is 20.4. The van der Waals surface area contributed by atoms with Crippen LogP contribution in [-0.2, 0) is 10.3 Å². The fourth-order valence-corrected chi connectivity index (χ4v) is 5.58. The first-order valence-electron chi connectivity index (χ1n) is 10.5. The van der Waals surface area contributed by atoms with Crippen molar-refractivity contribution in [2.75, 3.05) is 26.2 Å². The highest BCUT2D eigenvalue weighted by Gasteiger charge is 2.50. The number of hydrogen-bond donors (Lipinski definition) is 2. The monoisotopic (exact) mass is 418 g/mol. The van der Waals surface area contributed by atoms with Crippen LogP contribution in [0.15, 0.2) is 18.3 Å². The Morgan fingerprint density at radius 1 is 1.38 bits per heavy atom. The summed E-state index contributed by atoms with van der Waals surface area (Å²) in [6.07, 6.45) is 5.05. The van der Waals surface area contributed by atoms with Gasteiger partial charge in [0.15, 0.2) is 0 Å². The van der Waals surface area contributed by atoms with E-state index in [0.717, 1.165) is 48.8 Å². The molecule has 2 fully saturated rings. The van der Waals surface area contributed by atoms with Gasteiger partial charge in [0.2, 0.25) is 0 Å². The van der Waals surface area contributed by atoms with Gasteiger partial charge >= 0.3 is 6.03 Å². The van der Waals surface area contributed by atoms with Gasteiger partial charge in [-0.25, -0.2) is 4.79 Å². The van der Waals surface area contributed by atoms with Crippen LogP contribution in [0.25, 0.3) is 10.9 Å². The lowest BCUT2D eigenvalue weighted by Crippen LogP contribution is -2.51. The summed E-state index contributed by atoms with van der Waals surface area (Å²) in [5.74, 6) is 0.217. The number of ether oxygens (including phenoxy) is 1. The normalized spacial score (nSPS) is 29.7. The molecule has 5 rings (SSSR count). The predicted octanol–water partition coefficient (Wildman–Crippen LogP) is 3.05. The number of hydrogen-bond acceptors (Lipinski definition) is 4. The van der Waals surface area contributed by atoms with Crippen LogP contribution in [0, 0.1) is 5.92 Å². The van der Waals surface area contributed by atoms with Gasteiger partial charge in [0.25, 0.3) is 0 Å². The maximum Gasteiger partial charge on any atom is 0.317 e. The van der Waals surface area contributed by atoms with E-state index >= 15 is 0 Å². The zero-order chi connectivity index (χ0) is 20.2. The quantitative estimate of drug-likeness (QED) is 0.802. The predicted molar refractivity (Wildman–Crippen MR) is 110 cm³/mol. The molecule has 7 nitrogen and oxygen atoms in total. The molecule has 2 saturated heterocycles. The highest BCUT2D eigenvalue weighted by molar-refractivity contribution is 6.31. The van der Waals surface area contributed by atoms with Gasteiger partial charge in [-0.3, -0.25) is 4.68 Å². The van der Waals surface area contributed by atoms with E-state index in [-0.39, 0.29) is 18.1 Å². The largest absolute Gasteiger partial charge is 0.386 e. The molecule has 3 aliphatic rings. The molecule has 3 atom stereocenters. The Balaban J connectivity index is 1.27. The molecular weight excluding hydrogens is 392 g/mol. The van der Waals surface area contributed by atoms with E-state index in [1.165, 1.54) is 0 Å². The van der Waals surface area contributed by atoms with Crippen molar-refractivity contribution in [3.8, 4) is 0 Å². The van der Waals surface area contributed by atoms with Gasteiger partial charge < -0.3 is 20.1 Å². The van der Waals surface area contributed by atoms with Crippen molar-refractivity contribution in [2.24, 2.45) is 5.92 Å². The number of piperidine rings is 1. The Hall–Kier alpha value is -1.83. The van der Waals surface area contributed by atoms with Crippen molar-refractivity contribution >= 4 is 28.5 Å². The molecule has 0 spiro atoms. The number of aliphatic hydroxyl groups is 1. The van der Waals surface area contributed by atoms with Crippen LogP contribution in [0.1, 0.15) is 44.3 Å². The number of urea groups is 1. The molecular formula is C21H27ClN4O3. The van der Waals surface area contributed by atoms with Gasteiger partial charge in [0, 0.05) is 42.2 Å². The molecule has 156 valence electrons. The maximum absolute atomic E-state index is 12.5. The second-order valence-corrected chi connectivity index (χ2v) is 9.14. The number of benzene rings is 1. The Bertz CT molecular complexity index is 933. The number of likely N-dealkylation sites (tertiary alicyclic amines) is 1. The molecule has 29 heavy (non-hydrogen) atoms. The van der Waals surface area contributed by atoms with E-state index in [1.54, 1.807) is 0 Å². The minimum absolute atomic E-state index is 0.0207. The van der Waals surface area contributed by atoms with Gasteiger partial charge in [-0.1, -0.05) is 11.6 Å². The third-order valence-electron chi connectivity index (χ3n) is 7.08. The third kappa shape index (κ3) is 3.02. The molecule has 1 aromatic carbocycles. The van der Waals surface area contributed by atoms with Gasteiger partial charge in [-0.05, 0) is 50.7 Å². The summed E-state index contributed by atoms with van der Waals surface area (Å²) >= 11 is 6.25. The highest BCUT2D eigenvalue weighted by Crippen LogP contribution is 2.51. The summed E-state index contributed by atoms with van der Waals surface area (Å²) in [5.41, 5.74) is 1.29. The molecule has 0 radical (unpaired) electrons. The van der Waals surface area contributed by atoms with E-state index in [9.17, 15) is 9.90 Å². The molecule has 2 amide bonds. The highest BCUT2D eigenvalue weighted by atomic mass is 35.5. The maximum atomic E-state index is 12.5. The zero-order valence-corrected chi connectivity index (χ0v) is 17.4. The first-order valence-corrected chi connectivity index (χ1v) is 10.9. The number of nitrogens with zero attached hydrogens (tertiary/aromatic N) is 3. The lowest BCUT2D eigenvalue weighted by Gasteiger charge is -2.42. The summed E-state index contributed by atoms with van der Waals surface area (Å²) in [6, 6.07) is 3.72. The smallest absolute Gasteiger partial charge is 0.317 e. The number of aromatic nitrogens is 2. The second-order valence-electron chi connectivity index (χ2n) is 8.70. The fraction of sp³-hybridized carbons (Fsp3) is 0.619. The lowest BCUT2D eigenvalue weighted by atomic mass is 9.75. The minimum Gasteiger partial charge on any atom is -0.386 e. The van der Waals surface area contributed by atoms with Crippen LogP contribution in [0.3, 0.4) is 0 Å². The van der Waals surface area contributed by atoms with Gasteiger partial charge in [-0.2, -0.15) is 5.10 Å². The number of halogens is 1. The Morgan fingerprint density at radius 3 is 2.90 bits per heavy atom. The van der Waals surface area contributed by atoms with Crippen LogP contribution in [0.4, 0.5) is 4.79 Å². The summed E-state index contributed by atoms with van der Waals surface area (Å²) in [7, 11) is 0. The molecule has 1 unspecified atom stereocenters. The molecule has 4 heterocycles. The van der Waals surface area contributed by atoms with E-state index < -0.39 is 11.6 Å². The van der Waals surface area contributed by atoms with E-state index in [0.29, 0.717) is 24.7 Å². The van der Waals surface area contributed by atoms with Crippen molar-refractivity contribution in [2.45, 2.75) is 50.4 Å². The second kappa shape index (κ2) is 7.15. The molecule has 2 aromatic rings. The lowest BCUT2D eigenvalue weighted by molar-refractivity contribution is -0.0117. The van der Waals surface area contributed by atoms with E-state index in [2.05, 4.69) is 17.3 Å². The molecule has 2 N–H and O–H groups in total. The number of nitrogens with one attached hydrogen (secondary N) is 1. The summed E-state index contributed by atoms with van der Waals surface area (Å²) in [4.78, 5) is 14.4. The number of carbonyl (C=O) groups excluding carboxylic acids is 1. The Labute approximate surface area is 174 Å². The number of carbonyl (C=O) groups is 1. The van der Waals surface area contributed by atoms with Gasteiger partial charge in [0.1, 0.15) is 6.10 Å².